The van der Waals surface area contributed by atoms with E-state index in [1.807, 2.05) is 18.2 Å². The van der Waals surface area contributed by atoms with E-state index in [0.717, 1.165) is 36.2 Å². The second-order valence-electron chi connectivity index (χ2n) is 8.89. The Kier molecular flexibility index (Phi) is 4.75. The van der Waals surface area contributed by atoms with Gasteiger partial charge in [0.05, 0.1) is 0 Å². The normalized spacial score (nSPS) is 26.0. The van der Waals surface area contributed by atoms with Gasteiger partial charge in [0.1, 0.15) is 6.04 Å². The number of nitrogens with two attached hydrogens (primary N) is 1. The number of hydrogen-bond acceptors (Lipinski definition) is 5. The van der Waals surface area contributed by atoms with Crippen molar-refractivity contribution in [3.05, 3.63) is 34.9 Å². The van der Waals surface area contributed by atoms with Crippen LogP contribution in [0.5, 0.6) is 0 Å². The molecule has 3 N–H and O–H groups in total. The van der Waals surface area contributed by atoms with E-state index in [4.69, 9.17) is 5.73 Å². The minimum atomic E-state index is -0.570. The van der Waals surface area contributed by atoms with Gasteiger partial charge in [0.25, 0.3) is 5.91 Å². The third-order valence-corrected chi connectivity index (χ3v) is 6.36. The minimum Gasteiger partial charge on any atom is -0.325 e. The molecule has 3 heterocycles. The molecule has 7 heteroatoms. The number of nitrogens with one attached hydrogen (secondary N) is 1. The van der Waals surface area contributed by atoms with Gasteiger partial charge in [0, 0.05) is 37.2 Å². The highest BCUT2D eigenvalue weighted by atomic mass is 16.2. The van der Waals surface area contributed by atoms with Gasteiger partial charge in [-0.25, -0.2) is 0 Å². The van der Waals surface area contributed by atoms with Gasteiger partial charge < -0.3 is 10.6 Å². The molecule has 2 atom stereocenters. The molecule has 2 fully saturated rings. The summed E-state index contributed by atoms with van der Waals surface area (Å²) in [5.41, 5.74) is 8.77. The van der Waals surface area contributed by atoms with E-state index in [0.29, 0.717) is 25.4 Å². The number of carbonyl (C=O) groups excluding carboxylic acids is 3. The lowest BCUT2D eigenvalue weighted by molar-refractivity contribution is -0.136. The van der Waals surface area contributed by atoms with Crippen LogP contribution in [0.1, 0.15) is 54.6 Å². The quantitative estimate of drug-likeness (QED) is 0.756. The van der Waals surface area contributed by atoms with Crippen LogP contribution in [0.2, 0.25) is 0 Å². The fourth-order valence-electron chi connectivity index (χ4n) is 4.65. The smallest absolute Gasteiger partial charge is 0.255 e. The van der Waals surface area contributed by atoms with Crippen LogP contribution in [0.25, 0.3) is 0 Å². The molecule has 150 valence electrons. The number of imide groups is 1. The Morgan fingerprint density at radius 1 is 1.21 bits per heavy atom. The summed E-state index contributed by atoms with van der Waals surface area (Å²) in [6.07, 6.45) is 1.72. The highest BCUT2D eigenvalue weighted by molar-refractivity contribution is 6.05. The highest BCUT2D eigenvalue weighted by Gasteiger charge is 2.40. The molecule has 0 bridgehead atoms. The Labute approximate surface area is 165 Å². The second-order valence-corrected chi connectivity index (χ2v) is 8.89. The summed E-state index contributed by atoms with van der Waals surface area (Å²) in [6, 6.07) is 5.37. The van der Waals surface area contributed by atoms with Crippen molar-refractivity contribution in [2.24, 2.45) is 11.7 Å². The largest absolute Gasteiger partial charge is 0.325 e. The van der Waals surface area contributed by atoms with Crippen LogP contribution in [-0.2, 0) is 22.7 Å². The number of likely N-dealkylation sites (tertiary alicyclic amines) is 1. The Morgan fingerprint density at radius 2 is 2.00 bits per heavy atom. The number of nitrogens with zero attached hydrogens (tertiary/aromatic N) is 2. The maximum atomic E-state index is 13.2. The Bertz CT molecular complexity index is 829. The van der Waals surface area contributed by atoms with Gasteiger partial charge in [-0.3, -0.25) is 24.6 Å². The topological polar surface area (TPSA) is 95.7 Å². The monoisotopic (exact) mass is 384 g/mol. The first-order chi connectivity index (χ1) is 13.2. The first kappa shape index (κ1) is 19.1. The molecule has 0 aliphatic carbocycles. The summed E-state index contributed by atoms with van der Waals surface area (Å²) in [6.45, 7) is 7.18. The van der Waals surface area contributed by atoms with Crippen molar-refractivity contribution in [3.8, 4) is 0 Å². The van der Waals surface area contributed by atoms with Crippen molar-refractivity contribution in [3.63, 3.8) is 0 Å². The van der Waals surface area contributed by atoms with Gasteiger partial charge in [-0.2, -0.15) is 0 Å². The zero-order valence-corrected chi connectivity index (χ0v) is 16.5. The van der Waals surface area contributed by atoms with Crippen LogP contribution in [-0.4, -0.2) is 52.2 Å². The molecule has 0 radical (unpaired) electrons. The third-order valence-electron chi connectivity index (χ3n) is 6.36. The molecular formula is C21H28N4O3. The SMILES string of the molecule is CC(C)(N)C1CCN(Cc2cccc3c2C(=O)N(C2CCC(=O)NC2=O)C3)C1. The van der Waals surface area contributed by atoms with Crippen molar-refractivity contribution < 1.29 is 14.4 Å². The van der Waals surface area contributed by atoms with Gasteiger partial charge in [-0.05, 0) is 50.3 Å². The Hall–Kier alpha value is -2.25. The summed E-state index contributed by atoms with van der Waals surface area (Å²) in [7, 11) is 0. The van der Waals surface area contributed by atoms with Gasteiger partial charge >= 0.3 is 0 Å². The predicted molar refractivity (Wildman–Crippen MR) is 104 cm³/mol. The standard InChI is InChI=1S/C21H28N4O3/c1-21(2,22)15-8-9-24(12-15)10-13-4-3-5-14-11-25(20(28)18(13)14)16-6-7-17(26)23-19(16)27/h3-5,15-16H,6-12,22H2,1-2H3,(H,23,26,27). The first-order valence-electron chi connectivity index (χ1n) is 10.0. The first-order valence-corrected chi connectivity index (χ1v) is 10.0. The maximum Gasteiger partial charge on any atom is 0.255 e. The number of fused-ring (bicyclic) bond motifs is 1. The molecule has 1 aromatic carbocycles. The molecule has 3 amide bonds. The van der Waals surface area contributed by atoms with Crippen LogP contribution in [0.3, 0.4) is 0 Å². The Morgan fingerprint density at radius 3 is 2.68 bits per heavy atom. The maximum absolute atomic E-state index is 13.2. The van der Waals surface area contributed by atoms with E-state index >= 15 is 0 Å². The third kappa shape index (κ3) is 3.44. The van der Waals surface area contributed by atoms with Gasteiger partial charge in [0.15, 0.2) is 0 Å². The van der Waals surface area contributed by atoms with E-state index in [2.05, 4.69) is 24.1 Å². The van der Waals surface area contributed by atoms with Gasteiger partial charge in [-0.15, -0.1) is 0 Å². The van der Waals surface area contributed by atoms with Crippen molar-refractivity contribution in [1.82, 2.24) is 15.1 Å². The summed E-state index contributed by atoms with van der Waals surface area (Å²) in [5.74, 6) is -0.293. The lowest BCUT2D eigenvalue weighted by Crippen LogP contribution is -2.52. The van der Waals surface area contributed by atoms with Crippen LogP contribution >= 0.6 is 0 Å². The van der Waals surface area contributed by atoms with Gasteiger partial charge in [0.2, 0.25) is 11.8 Å². The zero-order valence-electron chi connectivity index (χ0n) is 16.5. The lowest BCUT2D eigenvalue weighted by Gasteiger charge is -2.29. The van der Waals surface area contributed by atoms with Gasteiger partial charge in [-0.1, -0.05) is 18.2 Å². The average Bonchev–Trinajstić information content (AvgIpc) is 3.21. The number of hydrogen-bond donors (Lipinski definition) is 2. The summed E-state index contributed by atoms with van der Waals surface area (Å²) >= 11 is 0. The molecule has 1 aromatic rings. The number of amides is 3. The average molecular weight is 384 g/mol. The molecule has 2 unspecified atom stereocenters. The number of piperidine rings is 1. The van der Waals surface area contributed by atoms with E-state index in [9.17, 15) is 14.4 Å². The number of carbonyl (C=O) groups is 3. The fraction of sp³-hybridized carbons (Fsp3) is 0.571. The van der Waals surface area contributed by atoms with Crippen molar-refractivity contribution in [1.29, 1.82) is 0 Å². The van der Waals surface area contributed by atoms with E-state index in [-0.39, 0.29) is 29.7 Å². The van der Waals surface area contributed by atoms with Crippen molar-refractivity contribution in [2.45, 2.75) is 57.8 Å². The molecule has 4 rings (SSSR count). The van der Waals surface area contributed by atoms with Crippen LogP contribution in [0.15, 0.2) is 18.2 Å². The van der Waals surface area contributed by atoms with E-state index in [1.165, 1.54) is 0 Å². The molecule has 0 aromatic heterocycles. The lowest BCUT2D eigenvalue weighted by atomic mass is 9.88. The zero-order chi connectivity index (χ0) is 20.1. The predicted octanol–water partition coefficient (Wildman–Crippen LogP) is 1.01. The van der Waals surface area contributed by atoms with E-state index in [1.54, 1.807) is 4.90 Å². The number of benzene rings is 1. The molecule has 3 aliphatic rings. The van der Waals surface area contributed by atoms with E-state index < -0.39 is 6.04 Å². The molecule has 2 saturated heterocycles. The summed E-state index contributed by atoms with van der Waals surface area (Å²) in [5, 5.41) is 2.35. The van der Waals surface area contributed by atoms with Crippen LogP contribution < -0.4 is 11.1 Å². The second kappa shape index (κ2) is 6.97. The minimum absolute atomic E-state index is 0.102. The fourth-order valence-corrected chi connectivity index (χ4v) is 4.65. The molecule has 0 saturated carbocycles. The van der Waals surface area contributed by atoms with Crippen molar-refractivity contribution >= 4 is 17.7 Å². The molecule has 7 nitrogen and oxygen atoms in total. The van der Waals surface area contributed by atoms with Crippen LogP contribution in [0.4, 0.5) is 0 Å². The molecular weight excluding hydrogens is 356 g/mol. The molecule has 3 aliphatic heterocycles. The molecule has 28 heavy (non-hydrogen) atoms. The Balaban J connectivity index is 1.51. The molecule has 0 spiro atoms. The number of rotatable bonds is 4. The summed E-state index contributed by atoms with van der Waals surface area (Å²) < 4.78 is 0. The highest BCUT2D eigenvalue weighted by Crippen LogP contribution is 2.32. The summed E-state index contributed by atoms with van der Waals surface area (Å²) in [4.78, 5) is 40.8. The van der Waals surface area contributed by atoms with Crippen LogP contribution in [0, 0.1) is 5.92 Å². The van der Waals surface area contributed by atoms with Crippen molar-refractivity contribution in [2.75, 3.05) is 13.1 Å².